The molecule has 0 aliphatic heterocycles. The number of hydrogen-bond donors (Lipinski definition) is 2. The van der Waals surface area contributed by atoms with Crippen LogP contribution in [0.5, 0.6) is 0 Å². The standard InChI is InChI=1S/C20H22N2O4/c1-13(18(23)24)17(14-8-6-5-7-9-14)15-10-11-16(21-12-15)22-19(25)26-20(2,3)4/h5-12,17H,1H2,2-4H3,(H,23,24)(H,21,22,25). The summed E-state index contributed by atoms with van der Waals surface area (Å²) in [5.41, 5.74) is 0.903. The van der Waals surface area contributed by atoms with Crippen molar-refractivity contribution in [3.8, 4) is 0 Å². The van der Waals surface area contributed by atoms with Gasteiger partial charge in [0.2, 0.25) is 0 Å². The molecule has 0 spiro atoms. The minimum atomic E-state index is -1.07. The lowest BCUT2D eigenvalue weighted by Gasteiger charge is -2.20. The molecular weight excluding hydrogens is 332 g/mol. The van der Waals surface area contributed by atoms with Crippen LogP contribution in [0.3, 0.4) is 0 Å². The van der Waals surface area contributed by atoms with E-state index < -0.39 is 23.6 Å². The first-order valence-corrected chi connectivity index (χ1v) is 8.10. The van der Waals surface area contributed by atoms with Gasteiger partial charge < -0.3 is 9.84 Å². The third kappa shape index (κ3) is 5.17. The zero-order chi connectivity index (χ0) is 19.3. The minimum Gasteiger partial charge on any atom is -0.478 e. The van der Waals surface area contributed by atoms with Crippen LogP contribution in [0.25, 0.3) is 0 Å². The van der Waals surface area contributed by atoms with Crippen molar-refractivity contribution in [3.05, 3.63) is 71.9 Å². The predicted octanol–water partition coefficient (Wildman–Crippen LogP) is 4.20. The van der Waals surface area contributed by atoms with Gasteiger partial charge in [-0.25, -0.2) is 14.6 Å². The van der Waals surface area contributed by atoms with Crippen molar-refractivity contribution < 1.29 is 19.4 Å². The highest BCUT2D eigenvalue weighted by molar-refractivity contribution is 5.89. The maximum Gasteiger partial charge on any atom is 0.413 e. The molecule has 26 heavy (non-hydrogen) atoms. The molecule has 1 amide bonds. The number of amides is 1. The van der Waals surface area contributed by atoms with Crippen molar-refractivity contribution in [2.75, 3.05) is 5.32 Å². The molecule has 0 saturated heterocycles. The molecule has 0 aliphatic rings. The smallest absolute Gasteiger partial charge is 0.413 e. The number of carboxylic acids is 1. The Kier molecular flexibility index (Phi) is 5.77. The number of ether oxygens (including phenoxy) is 1. The zero-order valence-corrected chi connectivity index (χ0v) is 15.0. The van der Waals surface area contributed by atoms with Gasteiger partial charge in [-0.05, 0) is 38.0 Å². The van der Waals surface area contributed by atoms with Crippen molar-refractivity contribution in [2.24, 2.45) is 0 Å². The molecule has 6 nitrogen and oxygen atoms in total. The fourth-order valence-corrected chi connectivity index (χ4v) is 2.42. The van der Waals surface area contributed by atoms with Gasteiger partial charge >= 0.3 is 12.1 Å². The number of aromatic nitrogens is 1. The van der Waals surface area contributed by atoms with Crippen LogP contribution in [0.1, 0.15) is 37.8 Å². The van der Waals surface area contributed by atoms with Crippen molar-refractivity contribution in [3.63, 3.8) is 0 Å². The van der Waals surface area contributed by atoms with Gasteiger partial charge in [0, 0.05) is 17.7 Å². The maximum atomic E-state index is 11.8. The summed E-state index contributed by atoms with van der Waals surface area (Å²) in [6.07, 6.45) is 0.922. The summed E-state index contributed by atoms with van der Waals surface area (Å²) in [7, 11) is 0. The van der Waals surface area contributed by atoms with Crippen LogP contribution in [0, 0.1) is 0 Å². The van der Waals surface area contributed by atoms with Gasteiger partial charge in [-0.15, -0.1) is 0 Å². The second kappa shape index (κ2) is 7.82. The van der Waals surface area contributed by atoms with Crippen molar-refractivity contribution >= 4 is 17.9 Å². The van der Waals surface area contributed by atoms with Crippen LogP contribution in [0.4, 0.5) is 10.6 Å². The number of anilines is 1. The van der Waals surface area contributed by atoms with Gasteiger partial charge in [-0.3, -0.25) is 5.32 Å². The van der Waals surface area contributed by atoms with Gasteiger partial charge in [0.05, 0.1) is 0 Å². The van der Waals surface area contributed by atoms with E-state index in [1.54, 1.807) is 32.9 Å². The summed E-state index contributed by atoms with van der Waals surface area (Å²) < 4.78 is 5.18. The van der Waals surface area contributed by atoms with E-state index in [9.17, 15) is 14.7 Å². The van der Waals surface area contributed by atoms with Crippen molar-refractivity contribution in [1.82, 2.24) is 4.98 Å². The molecule has 2 aromatic rings. The van der Waals surface area contributed by atoms with E-state index in [-0.39, 0.29) is 5.57 Å². The molecule has 2 rings (SSSR count). The lowest BCUT2D eigenvalue weighted by molar-refractivity contribution is -0.132. The first-order valence-electron chi connectivity index (χ1n) is 8.10. The van der Waals surface area contributed by atoms with Crippen LogP contribution in [-0.4, -0.2) is 27.8 Å². The fourth-order valence-electron chi connectivity index (χ4n) is 2.42. The molecule has 1 unspecified atom stereocenters. The summed E-state index contributed by atoms with van der Waals surface area (Å²) in [6.45, 7) is 9.01. The van der Waals surface area contributed by atoms with Gasteiger partial charge in [-0.1, -0.05) is 43.0 Å². The summed E-state index contributed by atoms with van der Waals surface area (Å²) in [5, 5.41) is 11.9. The number of rotatable bonds is 5. The maximum absolute atomic E-state index is 11.8. The Labute approximate surface area is 152 Å². The van der Waals surface area contributed by atoms with Crippen LogP contribution in [-0.2, 0) is 9.53 Å². The number of hydrogen-bond acceptors (Lipinski definition) is 4. The molecule has 1 aromatic heterocycles. The largest absolute Gasteiger partial charge is 0.478 e. The SMILES string of the molecule is C=C(C(=O)O)C(c1ccccc1)c1ccc(NC(=O)OC(C)(C)C)nc1. The molecule has 2 N–H and O–H groups in total. The van der Waals surface area contributed by atoms with Gasteiger partial charge in [0.15, 0.2) is 0 Å². The first kappa shape index (κ1) is 19.2. The topological polar surface area (TPSA) is 88.5 Å². The lowest BCUT2D eigenvalue weighted by Crippen LogP contribution is -2.27. The number of nitrogens with zero attached hydrogens (tertiary/aromatic N) is 1. The van der Waals surface area contributed by atoms with E-state index in [0.717, 1.165) is 5.56 Å². The molecule has 0 bridgehead atoms. The molecule has 6 heteroatoms. The lowest BCUT2D eigenvalue weighted by atomic mass is 9.86. The normalized spacial score (nSPS) is 12.1. The van der Waals surface area contributed by atoms with Gasteiger partial charge in [-0.2, -0.15) is 0 Å². The molecule has 1 aromatic carbocycles. The Morgan fingerprint density at radius 2 is 1.77 bits per heavy atom. The molecule has 0 fully saturated rings. The molecule has 1 atom stereocenters. The van der Waals surface area contributed by atoms with Crippen LogP contribution in [0.2, 0.25) is 0 Å². The third-order valence-corrected chi connectivity index (χ3v) is 3.50. The average Bonchev–Trinajstić information content (AvgIpc) is 2.55. The van der Waals surface area contributed by atoms with Gasteiger partial charge in [0.25, 0.3) is 0 Å². The monoisotopic (exact) mass is 354 g/mol. The Hall–Kier alpha value is -3.15. The summed E-state index contributed by atoms with van der Waals surface area (Å²) in [6, 6.07) is 12.5. The van der Waals surface area contributed by atoms with Crippen molar-refractivity contribution in [2.45, 2.75) is 32.3 Å². The quantitative estimate of drug-likeness (QED) is 0.786. The Bertz CT molecular complexity index is 793. The van der Waals surface area contributed by atoms with E-state index in [1.807, 2.05) is 30.3 Å². The number of benzene rings is 1. The Morgan fingerprint density at radius 3 is 2.27 bits per heavy atom. The summed E-state index contributed by atoms with van der Waals surface area (Å²) >= 11 is 0. The predicted molar refractivity (Wildman–Crippen MR) is 99.2 cm³/mol. The molecule has 0 aliphatic carbocycles. The average molecular weight is 354 g/mol. The van der Waals surface area contributed by atoms with E-state index in [2.05, 4.69) is 16.9 Å². The second-order valence-electron chi connectivity index (χ2n) is 6.78. The molecule has 136 valence electrons. The number of carboxylic acid groups (broad SMARTS) is 1. The first-order chi connectivity index (χ1) is 12.2. The van der Waals surface area contributed by atoms with Crippen LogP contribution in [0.15, 0.2) is 60.8 Å². The van der Waals surface area contributed by atoms with E-state index in [1.165, 1.54) is 6.20 Å². The molecular formula is C20H22N2O4. The molecule has 0 saturated carbocycles. The zero-order valence-electron chi connectivity index (χ0n) is 15.0. The van der Waals surface area contributed by atoms with Crippen LogP contribution >= 0.6 is 0 Å². The Balaban J connectivity index is 2.24. The van der Waals surface area contributed by atoms with E-state index in [0.29, 0.717) is 11.4 Å². The highest BCUT2D eigenvalue weighted by atomic mass is 16.6. The van der Waals surface area contributed by atoms with Gasteiger partial charge in [0.1, 0.15) is 11.4 Å². The summed E-state index contributed by atoms with van der Waals surface area (Å²) in [5.74, 6) is -1.29. The Morgan fingerprint density at radius 1 is 1.12 bits per heavy atom. The second-order valence-corrected chi connectivity index (χ2v) is 6.78. The van der Waals surface area contributed by atoms with Crippen LogP contribution < -0.4 is 5.32 Å². The third-order valence-electron chi connectivity index (χ3n) is 3.50. The molecule has 0 radical (unpaired) electrons. The number of nitrogens with one attached hydrogen (secondary N) is 1. The minimum absolute atomic E-state index is 0.0471. The van der Waals surface area contributed by atoms with Crippen molar-refractivity contribution in [1.29, 1.82) is 0 Å². The summed E-state index contributed by atoms with van der Waals surface area (Å²) in [4.78, 5) is 27.4. The number of carbonyl (C=O) groups is 2. The van der Waals surface area contributed by atoms with E-state index >= 15 is 0 Å². The fraction of sp³-hybridized carbons (Fsp3) is 0.250. The highest BCUT2D eigenvalue weighted by Crippen LogP contribution is 2.31. The van der Waals surface area contributed by atoms with E-state index in [4.69, 9.17) is 4.74 Å². The number of aliphatic carboxylic acids is 1. The number of carbonyl (C=O) groups excluding carboxylic acids is 1. The number of pyridine rings is 1. The highest BCUT2D eigenvalue weighted by Gasteiger charge is 2.23. The molecule has 1 heterocycles.